The maximum Gasteiger partial charge on any atom is 0.119 e. The molecule has 0 unspecified atom stereocenters. The lowest BCUT2D eigenvalue weighted by Crippen LogP contribution is -2.17. The topological polar surface area (TPSA) is 39.7 Å². The molecule has 4 nitrogen and oxygen atoms in total. The second-order valence-electron chi connectivity index (χ2n) is 6.69. The summed E-state index contributed by atoms with van der Waals surface area (Å²) < 4.78 is 16.6. The Kier molecular flexibility index (Phi) is 15.3. The van der Waals surface area contributed by atoms with Crippen molar-refractivity contribution in [1.29, 1.82) is 0 Å². The van der Waals surface area contributed by atoms with E-state index in [1.54, 1.807) is 0 Å². The SMILES string of the molecule is CCCCCCCCCc1ccc(OCCOCCOCCNC)cc1. The summed E-state index contributed by atoms with van der Waals surface area (Å²) in [5, 5.41) is 3.04. The van der Waals surface area contributed by atoms with Crippen molar-refractivity contribution in [3.63, 3.8) is 0 Å². The Balaban J connectivity index is 1.97. The van der Waals surface area contributed by atoms with Crippen molar-refractivity contribution in [2.75, 3.05) is 46.6 Å². The number of likely N-dealkylation sites (N-methyl/N-ethyl adjacent to an activating group) is 1. The van der Waals surface area contributed by atoms with Crippen LogP contribution < -0.4 is 10.1 Å². The van der Waals surface area contributed by atoms with E-state index in [0.29, 0.717) is 26.4 Å². The Labute approximate surface area is 160 Å². The number of nitrogens with one attached hydrogen (secondary N) is 1. The summed E-state index contributed by atoms with van der Waals surface area (Å²) in [6, 6.07) is 8.50. The summed E-state index contributed by atoms with van der Waals surface area (Å²) in [4.78, 5) is 0. The van der Waals surface area contributed by atoms with Crippen LogP contribution in [0.25, 0.3) is 0 Å². The van der Waals surface area contributed by atoms with Gasteiger partial charge in [0.15, 0.2) is 0 Å². The molecule has 0 saturated heterocycles. The molecule has 0 aromatic heterocycles. The number of aryl methyl sites for hydroxylation is 1. The van der Waals surface area contributed by atoms with Gasteiger partial charge >= 0.3 is 0 Å². The van der Waals surface area contributed by atoms with E-state index in [0.717, 1.165) is 18.9 Å². The van der Waals surface area contributed by atoms with Crippen LogP contribution in [0.2, 0.25) is 0 Å². The highest BCUT2D eigenvalue weighted by molar-refractivity contribution is 5.27. The first-order chi connectivity index (χ1) is 12.9. The Morgan fingerprint density at radius 1 is 0.731 bits per heavy atom. The number of benzene rings is 1. The molecule has 0 bridgehead atoms. The van der Waals surface area contributed by atoms with E-state index in [1.165, 1.54) is 56.9 Å². The van der Waals surface area contributed by atoms with Crippen molar-refractivity contribution >= 4 is 0 Å². The standard InChI is InChI=1S/C22H39NO3/c1-3-4-5-6-7-8-9-10-21-11-13-22(14-12-21)26-20-19-25-18-17-24-16-15-23-2/h11-14,23H,3-10,15-20H2,1-2H3. The number of hydrogen-bond donors (Lipinski definition) is 1. The molecule has 26 heavy (non-hydrogen) atoms. The fourth-order valence-corrected chi connectivity index (χ4v) is 2.75. The Morgan fingerprint density at radius 3 is 2.04 bits per heavy atom. The molecule has 0 spiro atoms. The van der Waals surface area contributed by atoms with Crippen molar-refractivity contribution < 1.29 is 14.2 Å². The molecule has 0 atom stereocenters. The third-order valence-corrected chi connectivity index (χ3v) is 4.36. The lowest BCUT2D eigenvalue weighted by atomic mass is 10.0. The van der Waals surface area contributed by atoms with Crippen LogP contribution in [-0.4, -0.2) is 46.6 Å². The van der Waals surface area contributed by atoms with Gasteiger partial charge in [0, 0.05) is 6.54 Å². The molecule has 0 aliphatic rings. The summed E-state index contributed by atoms with van der Waals surface area (Å²) in [5.41, 5.74) is 1.40. The van der Waals surface area contributed by atoms with E-state index in [1.807, 2.05) is 7.05 Å². The van der Waals surface area contributed by atoms with E-state index < -0.39 is 0 Å². The summed E-state index contributed by atoms with van der Waals surface area (Å²) in [6.45, 7) is 6.28. The van der Waals surface area contributed by atoms with Crippen LogP contribution in [0, 0.1) is 0 Å². The second kappa shape index (κ2) is 17.3. The fourth-order valence-electron chi connectivity index (χ4n) is 2.75. The predicted octanol–water partition coefficient (Wildman–Crippen LogP) is 4.61. The first kappa shape index (κ1) is 22.9. The minimum Gasteiger partial charge on any atom is -0.491 e. The molecule has 0 radical (unpaired) electrons. The van der Waals surface area contributed by atoms with E-state index in [-0.39, 0.29) is 0 Å². The highest BCUT2D eigenvalue weighted by atomic mass is 16.5. The van der Waals surface area contributed by atoms with Gasteiger partial charge in [-0.05, 0) is 37.6 Å². The molecule has 1 aromatic rings. The lowest BCUT2D eigenvalue weighted by Gasteiger charge is -2.08. The van der Waals surface area contributed by atoms with Crippen LogP contribution in [0.5, 0.6) is 5.75 Å². The van der Waals surface area contributed by atoms with E-state index in [4.69, 9.17) is 14.2 Å². The molecule has 150 valence electrons. The van der Waals surface area contributed by atoms with Crippen molar-refractivity contribution in [3.05, 3.63) is 29.8 Å². The fraction of sp³-hybridized carbons (Fsp3) is 0.727. The van der Waals surface area contributed by atoms with Gasteiger partial charge in [0.1, 0.15) is 12.4 Å². The molecule has 1 rings (SSSR count). The summed E-state index contributed by atoms with van der Waals surface area (Å²) in [7, 11) is 1.92. The maximum atomic E-state index is 5.71. The minimum atomic E-state index is 0.577. The van der Waals surface area contributed by atoms with Gasteiger partial charge in [-0.15, -0.1) is 0 Å². The number of unbranched alkanes of at least 4 members (excludes halogenated alkanes) is 6. The van der Waals surface area contributed by atoms with E-state index in [9.17, 15) is 0 Å². The Bertz CT molecular complexity index is 408. The van der Waals surface area contributed by atoms with Crippen molar-refractivity contribution in [1.82, 2.24) is 5.32 Å². The molecule has 4 heteroatoms. The minimum absolute atomic E-state index is 0.577. The summed E-state index contributed by atoms with van der Waals surface area (Å²) >= 11 is 0. The van der Waals surface area contributed by atoms with Crippen LogP contribution >= 0.6 is 0 Å². The molecule has 0 aliphatic carbocycles. The summed E-state index contributed by atoms with van der Waals surface area (Å²) in [5.74, 6) is 0.919. The average molecular weight is 366 g/mol. The van der Waals surface area contributed by atoms with Crippen LogP contribution in [-0.2, 0) is 15.9 Å². The molecule has 0 fully saturated rings. The average Bonchev–Trinajstić information content (AvgIpc) is 2.67. The monoisotopic (exact) mass is 365 g/mol. The molecule has 0 saturated carbocycles. The number of hydrogen-bond acceptors (Lipinski definition) is 4. The quantitative estimate of drug-likeness (QED) is 0.386. The zero-order valence-electron chi connectivity index (χ0n) is 16.9. The molecule has 0 heterocycles. The van der Waals surface area contributed by atoms with Gasteiger partial charge in [0.2, 0.25) is 0 Å². The molecular formula is C22H39NO3. The van der Waals surface area contributed by atoms with E-state index in [2.05, 4.69) is 36.5 Å². The van der Waals surface area contributed by atoms with Gasteiger partial charge in [0.05, 0.1) is 26.4 Å². The van der Waals surface area contributed by atoms with Crippen molar-refractivity contribution in [2.24, 2.45) is 0 Å². The molecule has 0 amide bonds. The van der Waals surface area contributed by atoms with Gasteiger partial charge in [-0.3, -0.25) is 0 Å². The van der Waals surface area contributed by atoms with E-state index >= 15 is 0 Å². The van der Waals surface area contributed by atoms with Crippen LogP contribution in [0.3, 0.4) is 0 Å². The third-order valence-electron chi connectivity index (χ3n) is 4.36. The van der Waals surface area contributed by atoms with Crippen LogP contribution in [0.15, 0.2) is 24.3 Å². The van der Waals surface area contributed by atoms with Gasteiger partial charge in [-0.1, -0.05) is 57.6 Å². The van der Waals surface area contributed by atoms with Crippen LogP contribution in [0.1, 0.15) is 57.4 Å². The highest BCUT2D eigenvalue weighted by Crippen LogP contribution is 2.15. The maximum absolute atomic E-state index is 5.71. The van der Waals surface area contributed by atoms with Crippen molar-refractivity contribution in [2.45, 2.75) is 58.3 Å². The first-order valence-electron chi connectivity index (χ1n) is 10.4. The number of ether oxygens (including phenoxy) is 3. The normalized spacial score (nSPS) is 11.0. The van der Waals surface area contributed by atoms with Gasteiger partial charge < -0.3 is 19.5 Å². The Hall–Kier alpha value is -1.10. The third kappa shape index (κ3) is 13.2. The number of rotatable bonds is 18. The van der Waals surface area contributed by atoms with Crippen LogP contribution in [0.4, 0.5) is 0 Å². The second-order valence-corrected chi connectivity index (χ2v) is 6.69. The smallest absolute Gasteiger partial charge is 0.119 e. The molecule has 1 aromatic carbocycles. The molecule has 0 aliphatic heterocycles. The first-order valence-corrected chi connectivity index (χ1v) is 10.4. The Morgan fingerprint density at radius 2 is 1.35 bits per heavy atom. The van der Waals surface area contributed by atoms with Gasteiger partial charge in [0.25, 0.3) is 0 Å². The summed E-state index contributed by atoms with van der Waals surface area (Å²) in [6.07, 6.45) is 10.7. The largest absolute Gasteiger partial charge is 0.491 e. The lowest BCUT2D eigenvalue weighted by molar-refractivity contribution is 0.0376. The molecular weight excluding hydrogens is 326 g/mol. The zero-order chi connectivity index (χ0) is 18.7. The predicted molar refractivity (Wildman–Crippen MR) is 109 cm³/mol. The van der Waals surface area contributed by atoms with Gasteiger partial charge in [-0.2, -0.15) is 0 Å². The zero-order valence-corrected chi connectivity index (χ0v) is 16.9. The van der Waals surface area contributed by atoms with Gasteiger partial charge in [-0.25, -0.2) is 0 Å². The highest BCUT2D eigenvalue weighted by Gasteiger charge is 1.98. The molecule has 1 N–H and O–H groups in total. The van der Waals surface area contributed by atoms with Crippen molar-refractivity contribution in [3.8, 4) is 5.75 Å².